The van der Waals surface area contributed by atoms with E-state index in [1.165, 1.54) is 0 Å². The van der Waals surface area contributed by atoms with Crippen LogP contribution in [0.1, 0.15) is 31.2 Å². The first kappa shape index (κ1) is 22.0. The monoisotopic (exact) mass is 374 g/mol. The molecule has 0 aromatic heterocycles. The number of hydrazine groups is 3. The minimum Gasteiger partial charge on any atom is -0.294 e. The molecule has 0 aliphatic rings. The number of rotatable bonds is 7. The maximum Gasteiger partial charge on any atom is 0.238 e. The van der Waals surface area contributed by atoms with Crippen LogP contribution in [-0.2, 0) is 20.8 Å². The standard InChI is InChI=1S/C12H12N2O.C6H14N4O2/c13-14-12(15)8-10-6-3-5-9-4-1-2-7-11(9)10;7-9-5(11)3-1-2-4-6(12)10-8/h1-7H,8,13H2,(H,14,15);1-4,7-8H2,(H,9,11)(H,10,12). The van der Waals surface area contributed by atoms with Crippen LogP contribution in [-0.4, -0.2) is 17.7 Å². The molecule has 0 heterocycles. The van der Waals surface area contributed by atoms with Crippen LogP contribution in [0.4, 0.5) is 0 Å². The first-order valence-corrected chi connectivity index (χ1v) is 8.46. The van der Waals surface area contributed by atoms with E-state index in [4.69, 9.17) is 17.5 Å². The van der Waals surface area contributed by atoms with Gasteiger partial charge in [0.05, 0.1) is 6.42 Å². The number of carbonyl (C=O) groups is 3. The van der Waals surface area contributed by atoms with Crippen LogP contribution in [0.5, 0.6) is 0 Å². The molecule has 0 atom stereocenters. The lowest BCUT2D eigenvalue weighted by molar-refractivity contribution is -0.123. The van der Waals surface area contributed by atoms with Gasteiger partial charge in [-0.2, -0.15) is 0 Å². The summed E-state index contributed by atoms with van der Waals surface area (Å²) in [7, 11) is 0. The predicted octanol–water partition coefficient (Wildman–Crippen LogP) is -0.101. The highest BCUT2D eigenvalue weighted by Gasteiger charge is 2.04. The summed E-state index contributed by atoms with van der Waals surface area (Å²) in [6, 6.07) is 13.9. The van der Waals surface area contributed by atoms with Crippen LogP contribution in [0.25, 0.3) is 10.8 Å². The van der Waals surface area contributed by atoms with Gasteiger partial charge in [-0.25, -0.2) is 17.5 Å². The number of benzene rings is 2. The van der Waals surface area contributed by atoms with Crippen LogP contribution in [0.15, 0.2) is 42.5 Å². The number of hydrogen-bond donors (Lipinski definition) is 6. The fourth-order valence-electron chi connectivity index (χ4n) is 2.39. The number of carbonyl (C=O) groups excluding carboxylic acids is 3. The van der Waals surface area contributed by atoms with Gasteiger partial charge in [0.15, 0.2) is 0 Å². The molecule has 146 valence electrons. The average molecular weight is 374 g/mol. The number of amides is 3. The molecule has 2 aromatic carbocycles. The lowest BCUT2D eigenvalue weighted by Gasteiger charge is -2.05. The summed E-state index contributed by atoms with van der Waals surface area (Å²) in [5.74, 6) is 14.1. The summed E-state index contributed by atoms with van der Waals surface area (Å²) >= 11 is 0. The van der Waals surface area contributed by atoms with E-state index in [1.54, 1.807) is 0 Å². The van der Waals surface area contributed by atoms with Crippen molar-refractivity contribution in [1.82, 2.24) is 16.3 Å². The van der Waals surface area contributed by atoms with Crippen LogP contribution in [0.3, 0.4) is 0 Å². The molecule has 3 amide bonds. The third-order valence-electron chi connectivity index (χ3n) is 3.77. The molecule has 0 spiro atoms. The highest BCUT2D eigenvalue weighted by Crippen LogP contribution is 2.18. The Morgan fingerprint density at radius 1 is 0.704 bits per heavy atom. The third-order valence-corrected chi connectivity index (χ3v) is 3.77. The van der Waals surface area contributed by atoms with E-state index in [2.05, 4.69) is 5.43 Å². The minimum atomic E-state index is -0.219. The number of nitrogens with one attached hydrogen (secondary N) is 3. The zero-order valence-corrected chi connectivity index (χ0v) is 15.0. The SMILES string of the molecule is NNC(=O)CCCCC(=O)NN.NNC(=O)Cc1cccc2ccccc12. The zero-order chi connectivity index (χ0) is 20.1. The first-order valence-electron chi connectivity index (χ1n) is 8.46. The van der Waals surface area contributed by atoms with Crippen molar-refractivity contribution < 1.29 is 14.4 Å². The summed E-state index contributed by atoms with van der Waals surface area (Å²) in [5, 5.41) is 2.24. The van der Waals surface area contributed by atoms with Gasteiger partial charge in [-0.1, -0.05) is 42.5 Å². The molecule has 9 nitrogen and oxygen atoms in total. The van der Waals surface area contributed by atoms with Crippen LogP contribution < -0.4 is 33.8 Å². The van der Waals surface area contributed by atoms with Crippen molar-refractivity contribution in [1.29, 1.82) is 0 Å². The van der Waals surface area contributed by atoms with Gasteiger partial charge in [0.25, 0.3) is 0 Å². The molecular weight excluding hydrogens is 348 g/mol. The van der Waals surface area contributed by atoms with E-state index in [0.717, 1.165) is 16.3 Å². The van der Waals surface area contributed by atoms with Crippen molar-refractivity contribution >= 4 is 28.5 Å². The quantitative estimate of drug-likeness (QED) is 0.171. The highest BCUT2D eigenvalue weighted by molar-refractivity contribution is 5.90. The molecule has 2 rings (SSSR count). The van der Waals surface area contributed by atoms with Crippen molar-refractivity contribution in [3.05, 3.63) is 48.0 Å². The van der Waals surface area contributed by atoms with Gasteiger partial charge in [0, 0.05) is 12.8 Å². The van der Waals surface area contributed by atoms with Gasteiger partial charge in [-0.05, 0) is 29.2 Å². The lowest BCUT2D eigenvalue weighted by Crippen LogP contribution is -2.31. The largest absolute Gasteiger partial charge is 0.294 e. The van der Waals surface area contributed by atoms with Crippen molar-refractivity contribution in [2.24, 2.45) is 17.5 Å². The van der Waals surface area contributed by atoms with E-state index in [-0.39, 0.29) is 17.7 Å². The summed E-state index contributed by atoms with van der Waals surface area (Å²) in [5.41, 5.74) is 7.14. The summed E-state index contributed by atoms with van der Waals surface area (Å²) in [6.45, 7) is 0. The number of hydrogen-bond acceptors (Lipinski definition) is 6. The van der Waals surface area contributed by atoms with E-state index in [9.17, 15) is 14.4 Å². The van der Waals surface area contributed by atoms with Gasteiger partial charge in [-0.3, -0.25) is 30.7 Å². The first-order chi connectivity index (χ1) is 13.0. The fraction of sp³-hybridized carbons (Fsp3) is 0.278. The Bertz CT molecular complexity index is 742. The minimum absolute atomic E-state index is 0.175. The Hall–Kier alpha value is -3.01. The van der Waals surface area contributed by atoms with Crippen molar-refractivity contribution in [3.63, 3.8) is 0 Å². The number of nitrogens with two attached hydrogens (primary N) is 3. The normalized spacial score (nSPS) is 9.74. The summed E-state index contributed by atoms with van der Waals surface area (Å²) < 4.78 is 0. The molecule has 0 bridgehead atoms. The molecular formula is C18H26N6O3. The molecule has 9 N–H and O–H groups in total. The Labute approximate surface area is 157 Å². The Morgan fingerprint density at radius 2 is 1.22 bits per heavy atom. The molecule has 0 fully saturated rings. The maximum atomic E-state index is 11.2. The van der Waals surface area contributed by atoms with Gasteiger partial charge >= 0.3 is 0 Å². The second kappa shape index (κ2) is 12.4. The van der Waals surface area contributed by atoms with E-state index >= 15 is 0 Å². The van der Waals surface area contributed by atoms with Crippen molar-refractivity contribution in [3.8, 4) is 0 Å². The fourth-order valence-corrected chi connectivity index (χ4v) is 2.39. The molecule has 0 saturated heterocycles. The van der Waals surface area contributed by atoms with Gasteiger partial charge in [0.2, 0.25) is 17.7 Å². The molecule has 0 aliphatic carbocycles. The Morgan fingerprint density at radius 3 is 1.78 bits per heavy atom. The summed E-state index contributed by atoms with van der Waals surface area (Å²) in [4.78, 5) is 32.3. The molecule has 0 unspecified atom stereocenters. The molecule has 9 heteroatoms. The zero-order valence-electron chi connectivity index (χ0n) is 15.0. The van der Waals surface area contributed by atoms with Gasteiger partial charge in [-0.15, -0.1) is 0 Å². The molecule has 0 radical (unpaired) electrons. The third kappa shape index (κ3) is 8.27. The molecule has 0 saturated carbocycles. The number of fused-ring (bicyclic) bond motifs is 1. The van der Waals surface area contributed by atoms with E-state index < -0.39 is 0 Å². The van der Waals surface area contributed by atoms with Crippen molar-refractivity contribution in [2.75, 3.05) is 0 Å². The van der Waals surface area contributed by atoms with Crippen LogP contribution >= 0.6 is 0 Å². The Balaban J connectivity index is 0.000000279. The molecule has 2 aromatic rings. The van der Waals surface area contributed by atoms with E-state index in [0.29, 0.717) is 32.1 Å². The number of unbranched alkanes of at least 4 members (excludes halogenated alkanes) is 1. The molecule has 0 aliphatic heterocycles. The van der Waals surface area contributed by atoms with Gasteiger partial charge in [0.1, 0.15) is 0 Å². The topological polar surface area (TPSA) is 165 Å². The summed E-state index contributed by atoms with van der Waals surface area (Å²) in [6.07, 6.45) is 2.27. The van der Waals surface area contributed by atoms with Crippen LogP contribution in [0.2, 0.25) is 0 Å². The lowest BCUT2D eigenvalue weighted by atomic mass is 10.0. The van der Waals surface area contributed by atoms with Crippen LogP contribution in [0, 0.1) is 0 Å². The highest BCUT2D eigenvalue weighted by atomic mass is 16.2. The van der Waals surface area contributed by atoms with Gasteiger partial charge < -0.3 is 0 Å². The smallest absolute Gasteiger partial charge is 0.238 e. The second-order valence-electron chi connectivity index (χ2n) is 5.72. The average Bonchev–Trinajstić information content (AvgIpc) is 2.71. The van der Waals surface area contributed by atoms with E-state index in [1.807, 2.05) is 53.3 Å². The Kier molecular flexibility index (Phi) is 10.1. The molecule has 27 heavy (non-hydrogen) atoms. The van der Waals surface area contributed by atoms with Crippen molar-refractivity contribution in [2.45, 2.75) is 32.1 Å². The second-order valence-corrected chi connectivity index (χ2v) is 5.72. The maximum absolute atomic E-state index is 11.2. The predicted molar refractivity (Wildman–Crippen MR) is 103 cm³/mol.